The molecule has 0 saturated heterocycles. The summed E-state index contributed by atoms with van der Waals surface area (Å²) in [5.41, 5.74) is 10.0. The molecule has 0 radical (unpaired) electrons. The van der Waals surface area contributed by atoms with Gasteiger partial charge in [-0.15, -0.1) is 0 Å². The van der Waals surface area contributed by atoms with Crippen molar-refractivity contribution in [1.29, 1.82) is 0 Å². The summed E-state index contributed by atoms with van der Waals surface area (Å²) in [5, 5.41) is 6.70. The van der Waals surface area contributed by atoms with Gasteiger partial charge in [-0.05, 0) is 30.5 Å². The van der Waals surface area contributed by atoms with Crippen LogP contribution in [0, 0.1) is 0 Å². The van der Waals surface area contributed by atoms with E-state index in [0.717, 1.165) is 16.6 Å². The summed E-state index contributed by atoms with van der Waals surface area (Å²) in [6.45, 7) is 0. The van der Waals surface area contributed by atoms with Crippen LogP contribution in [0.3, 0.4) is 0 Å². The Morgan fingerprint density at radius 3 is 2.94 bits per heavy atom. The molecule has 0 spiro atoms. The molecular weight excluding hydrogens is 226 g/mol. The van der Waals surface area contributed by atoms with E-state index < -0.39 is 0 Å². The van der Waals surface area contributed by atoms with Crippen molar-refractivity contribution in [1.82, 2.24) is 19.7 Å². The van der Waals surface area contributed by atoms with Gasteiger partial charge in [-0.2, -0.15) is 5.10 Å². The van der Waals surface area contributed by atoms with E-state index in [4.69, 9.17) is 5.73 Å². The Morgan fingerprint density at radius 2 is 2.22 bits per heavy atom. The molecule has 18 heavy (non-hydrogen) atoms. The van der Waals surface area contributed by atoms with Crippen LogP contribution < -0.4 is 5.73 Å². The number of benzene rings is 1. The first-order chi connectivity index (χ1) is 8.83. The third kappa shape index (κ3) is 1.33. The highest BCUT2D eigenvalue weighted by atomic mass is 15.1. The third-order valence-corrected chi connectivity index (χ3v) is 3.49. The van der Waals surface area contributed by atoms with E-state index in [0.29, 0.717) is 11.9 Å². The molecule has 5 nitrogen and oxygen atoms in total. The number of hydrogen-bond acceptors (Lipinski definition) is 3. The quantitative estimate of drug-likeness (QED) is 0.721. The Hall–Kier alpha value is -2.30. The normalized spacial score (nSPS) is 15.3. The predicted octanol–water partition coefficient (Wildman–Crippen LogP) is 2.34. The van der Waals surface area contributed by atoms with Crippen LogP contribution in [0.4, 0.5) is 5.82 Å². The highest BCUT2D eigenvalue weighted by Crippen LogP contribution is 2.37. The van der Waals surface area contributed by atoms with Crippen molar-refractivity contribution in [2.45, 2.75) is 18.9 Å². The third-order valence-electron chi connectivity index (χ3n) is 3.49. The maximum Gasteiger partial charge on any atom is 0.126 e. The number of nitrogen functional groups attached to an aromatic ring is 1. The zero-order chi connectivity index (χ0) is 12.1. The van der Waals surface area contributed by atoms with Crippen LogP contribution in [-0.2, 0) is 0 Å². The number of nitrogens with zero attached hydrogens (tertiary/aromatic N) is 3. The van der Waals surface area contributed by atoms with Crippen molar-refractivity contribution >= 4 is 16.9 Å². The largest absolute Gasteiger partial charge is 0.384 e. The second-order valence-electron chi connectivity index (χ2n) is 4.78. The molecule has 2 heterocycles. The SMILES string of the molecule is Nc1[nH]ncc1-c1ccc2c(c1)ncn2C1CC1. The second kappa shape index (κ2) is 3.35. The van der Waals surface area contributed by atoms with Crippen molar-refractivity contribution in [2.24, 2.45) is 0 Å². The lowest BCUT2D eigenvalue weighted by molar-refractivity contribution is 0.766. The van der Waals surface area contributed by atoms with Crippen LogP contribution in [0.1, 0.15) is 18.9 Å². The van der Waals surface area contributed by atoms with E-state index >= 15 is 0 Å². The fourth-order valence-corrected chi connectivity index (χ4v) is 2.37. The highest BCUT2D eigenvalue weighted by molar-refractivity contribution is 5.84. The molecule has 4 rings (SSSR count). The molecular formula is C13H13N5. The van der Waals surface area contributed by atoms with E-state index in [2.05, 4.69) is 37.9 Å². The maximum absolute atomic E-state index is 5.84. The topological polar surface area (TPSA) is 72.5 Å². The van der Waals surface area contributed by atoms with Crippen LogP contribution in [0.5, 0.6) is 0 Å². The number of rotatable bonds is 2. The summed E-state index contributed by atoms with van der Waals surface area (Å²) in [5.74, 6) is 0.593. The summed E-state index contributed by atoms with van der Waals surface area (Å²) >= 11 is 0. The van der Waals surface area contributed by atoms with Crippen molar-refractivity contribution in [2.75, 3.05) is 5.73 Å². The van der Waals surface area contributed by atoms with Crippen molar-refractivity contribution in [3.05, 3.63) is 30.7 Å². The number of imidazole rings is 1. The smallest absolute Gasteiger partial charge is 0.126 e. The molecule has 1 aliphatic carbocycles. The molecule has 3 aromatic rings. The number of aromatic amines is 1. The van der Waals surface area contributed by atoms with E-state index in [1.54, 1.807) is 6.20 Å². The van der Waals surface area contributed by atoms with Gasteiger partial charge in [-0.25, -0.2) is 4.98 Å². The minimum atomic E-state index is 0.593. The summed E-state index contributed by atoms with van der Waals surface area (Å²) in [6, 6.07) is 6.90. The van der Waals surface area contributed by atoms with E-state index in [-0.39, 0.29) is 0 Å². The second-order valence-corrected chi connectivity index (χ2v) is 4.78. The van der Waals surface area contributed by atoms with Gasteiger partial charge >= 0.3 is 0 Å². The maximum atomic E-state index is 5.84. The molecule has 1 saturated carbocycles. The Kier molecular flexibility index (Phi) is 1.81. The number of anilines is 1. The molecule has 0 atom stereocenters. The first-order valence-corrected chi connectivity index (χ1v) is 6.09. The Bertz CT molecular complexity index is 720. The zero-order valence-corrected chi connectivity index (χ0v) is 9.80. The molecule has 0 aliphatic heterocycles. The Labute approximate surface area is 104 Å². The van der Waals surface area contributed by atoms with Gasteiger partial charge in [0.2, 0.25) is 0 Å². The molecule has 2 aromatic heterocycles. The Balaban J connectivity index is 1.87. The minimum Gasteiger partial charge on any atom is -0.384 e. The van der Waals surface area contributed by atoms with Crippen molar-refractivity contribution in [3.63, 3.8) is 0 Å². The van der Waals surface area contributed by atoms with Gasteiger partial charge in [0.05, 0.1) is 23.6 Å². The van der Waals surface area contributed by atoms with Gasteiger partial charge in [0, 0.05) is 11.6 Å². The lowest BCUT2D eigenvalue weighted by Gasteiger charge is -2.02. The van der Waals surface area contributed by atoms with Crippen LogP contribution in [-0.4, -0.2) is 19.7 Å². The number of nitrogens with two attached hydrogens (primary N) is 1. The molecule has 90 valence electrons. The zero-order valence-electron chi connectivity index (χ0n) is 9.80. The first kappa shape index (κ1) is 9.70. The summed E-state index contributed by atoms with van der Waals surface area (Å²) in [7, 11) is 0. The van der Waals surface area contributed by atoms with E-state index in [1.807, 2.05) is 6.33 Å². The first-order valence-electron chi connectivity index (χ1n) is 6.09. The van der Waals surface area contributed by atoms with Crippen molar-refractivity contribution in [3.8, 4) is 11.1 Å². The fourth-order valence-electron chi connectivity index (χ4n) is 2.37. The average Bonchev–Trinajstić information content (AvgIpc) is 2.99. The molecule has 0 bridgehead atoms. The van der Waals surface area contributed by atoms with Gasteiger partial charge in [0.15, 0.2) is 0 Å². The van der Waals surface area contributed by atoms with Crippen LogP contribution in [0.15, 0.2) is 30.7 Å². The predicted molar refractivity (Wildman–Crippen MR) is 70.0 cm³/mol. The number of hydrogen-bond donors (Lipinski definition) is 2. The monoisotopic (exact) mass is 239 g/mol. The van der Waals surface area contributed by atoms with E-state index in [9.17, 15) is 0 Å². The lowest BCUT2D eigenvalue weighted by atomic mass is 10.1. The number of fused-ring (bicyclic) bond motifs is 1. The Morgan fingerprint density at radius 1 is 1.33 bits per heavy atom. The van der Waals surface area contributed by atoms with Gasteiger partial charge in [0.1, 0.15) is 5.82 Å². The minimum absolute atomic E-state index is 0.593. The molecule has 1 aliphatic rings. The highest BCUT2D eigenvalue weighted by Gasteiger charge is 2.24. The summed E-state index contributed by atoms with van der Waals surface area (Å²) in [4.78, 5) is 4.47. The number of nitrogens with one attached hydrogen (secondary N) is 1. The molecule has 0 amide bonds. The van der Waals surface area contributed by atoms with Gasteiger partial charge in [-0.1, -0.05) is 6.07 Å². The standard InChI is InChI=1S/C13H13N5/c14-13-10(6-16-17-13)8-1-4-12-11(5-8)15-7-18(12)9-2-3-9/h1,4-7,9H,2-3H2,(H3,14,16,17). The van der Waals surface area contributed by atoms with Gasteiger partial charge in [0.25, 0.3) is 0 Å². The van der Waals surface area contributed by atoms with Crippen molar-refractivity contribution < 1.29 is 0 Å². The van der Waals surface area contributed by atoms with Crippen LogP contribution in [0.2, 0.25) is 0 Å². The van der Waals surface area contributed by atoms with Crippen LogP contribution >= 0.6 is 0 Å². The lowest BCUT2D eigenvalue weighted by Crippen LogP contribution is -1.90. The summed E-state index contributed by atoms with van der Waals surface area (Å²) < 4.78 is 2.26. The molecule has 1 fully saturated rings. The molecule has 3 N–H and O–H groups in total. The molecule has 0 unspecified atom stereocenters. The average molecular weight is 239 g/mol. The molecule has 1 aromatic carbocycles. The van der Waals surface area contributed by atoms with Gasteiger partial charge in [-0.3, -0.25) is 5.10 Å². The molecule has 5 heteroatoms. The summed E-state index contributed by atoms with van der Waals surface area (Å²) in [6.07, 6.45) is 6.21. The fraction of sp³-hybridized carbons (Fsp3) is 0.231. The number of H-pyrrole nitrogens is 1. The van der Waals surface area contributed by atoms with Crippen LogP contribution in [0.25, 0.3) is 22.2 Å². The van der Waals surface area contributed by atoms with Gasteiger partial charge < -0.3 is 10.3 Å². The number of aromatic nitrogens is 4. The van der Waals surface area contributed by atoms with E-state index in [1.165, 1.54) is 18.4 Å².